The van der Waals surface area contributed by atoms with Crippen LogP contribution in [0.15, 0.2) is 24.0 Å². The Bertz CT molecular complexity index is 834. The summed E-state index contributed by atoms with van der Waals surface area (Å²) in [5.74, 6) is 1.67. The number of esters is 1. The molecule has 0 spiro atoms. The SMILES string of the molecule is CC(=O)OC(C)OC1CCC2(C)C(CCC3C2CCC2(C)C(C4=COCC=C4)CCC32O)C1. The van der Waals surface area contributed by atoms with Crippen molar-refractivity contribution in [3.05, 3.63) is 24.0 Å². The molecule has 0 aromatic rings. The summed E-state index contributed by atoms with van der Waals surface area (Å²) < 4.78 is 17.0. The van der Waals surface area contributed by atoms with Crippen LogP contribution in [0.1, 0.15) is 85.5 Å². The normalized spacial score (nSPS) is 47.4. The molecule has 0 radical (unpaired) electrons. The lowest BCUT2D eigenvalue weighted by Gasteiger charge is -2.63. The third-order valence-electron chi connectivity index (χ3n) is 10.6. The summed E-state index contributed by atoms with van der Waals surface area (Å²) in [4.78, 5) is 11.3. The van der Waals surface area contributed by atoms with Gasteiger partial charge in [0.2, 0.25) is 0 Å². The van der Waals surface area contributed by atoms with Gasteiger partial charge in [-0.05, 0) is 105 Å². The van der Waals surface area contributed by atoms with E-state index in [2.05, 4.69) is 26.0 Å². The van der Waals surface area contributed by atoms with Crippen LogP contribution in [0.2, 0.25) is 0 Å². The van der Waals surface area contributed by atoms with Gasteiger partial charge in [-0.25, -0.2) is 0 Å². The highest BCUT2D eigenvalue weighted by atomic mass is 16.7. The summed E-state index contributed by atoms with van der Waals surface area (Å²) in [7, 11) is 0. The molecular weight excluding hydrogens is 416 g/mol. The lowest BCUT2D eigenvalue weighted by Crippen LogP contribution is -2.62. The highest BCUT2D eigenvalue weighted by molar-refractivity contribution is 5.65. The minimum absolute atomic E-state index is 0.0754. The Labute approximate surface area is 198 Å². The third kappa shape index (κ3) is 3.69. The Balaban J connectivity index is 1.32. The highest BCUT2D eigenvalue weighted by Crippen LogP contribution is 2.70. The molecule has 1 aliphatic heterocycles. The van der Waals surface area contributed by atoms with Crippen LogP contribution in [0.4, 0.5) is 0 Å². The van der Waals surface area contributed by atoms with Crippen molar-refractivity contribution in [1.29, 1.82) is 0 Å². The molecule has 4 fully saturated rings. The molecule has 5 aliphatic rings. The van der Waals surface area contributed by atoms with Crippen molar-refractivity contribution >= 4 is 5.97 Å². The van der Waals surface area contributed by atoms with E-state index in [1.807, 2.05) is 13.2 Å². The van der Waals surface area contributed by atoms with Crippen LogP contribution < -0.4 is 0 Å². The maximum Gasteiger partial charge on any atom is 0.304 e. The van der Waals surface area contributed by atoms with Crippen LogP contribution in [0, 0.1) is 34.5 Å². The van der Waals surface area contributed by atoms with Gasteiger partial charge in [-0.2, -0.15) is 0 Å². The molecular formula is C28H42O5. The van der Waals surface area contributed by atoms with Crippen molar-refractivity contribution in [2.45, 2.75) is 103 Å². The number of allylic oxidation sites excluding steroid dienone is 2. The summed E-state index contributed by atoms with van der Waals surface area (Å²) in [5, 5.41) is 12.4. The molecule has 0 bridgehead atoms. The van der Waals surface area contributed by atoms with E-state index in [1.54, 1.807) is 0 Å². The van der Waals surface area contributed by atoms with Gasteiger partial charge in [0.25, 0.3) is 0 Å². The summed E-state index contributed by atoms with van der Waals surface area (Å²) in [5.41, 5.74) is 0.874. The van der Waals surface area contributed by atoms with Crippen molar-refractivity contribution in [3.8, 4) is 0 Å². The van der Waals surface area contributed by atoms with Crippen LogP contribution in [0.25, 0.3) is 0 Å². The van der Waals surface area contributed by atoms with Crippen molar-refractivity contribution in [2.75, 3.05) is 6.61 Å². The molecule has 1 N–H and O–H groups in total. The van der Waals surface area contributed by atoms with Gasteiger partial charge in [0, 0.05) is 12.3 Å². The Kier molecular flexibility index (Phi) is 5.96. The minimum Gasteiger partial charge on any atom is -0.497 e. The highest BCUT2D eigenvalue weighted by Gasteiger charge is 2.67. The van der Waals surface area contributed by atoms with E-state index in [1.165, 1.54) is 18.9 Å². The molecule has 0 aromatic heterocycles. The maximum absolute atomic E-state index is 12.4. The first-order valence-electron chi connectivity index (χ1n) is 13.2. The molecule has 1 heterocycles. The average molecular weight is 459 g/mol. The predicted octanol–water partition coefficient (Wildman–Crippen LogP) is 5.52. The molecule has 4 aliphatic carbocycles. The van der Waals surface area contributed by atoms with Gasteiger partial charge in [0.1, 0.15) is 6.61 Å². The molecule has 5 heteroatoms. The second-order valence-electron chi connectivity index (χ2n) is 12.0. The van der Waals surface area contributed by atoms with Crippen LogP contribution >= 0.6 is 0 Å². The molecule has 0 amide bonds. The smallest absolute Gasteiger partial charge is 0.304 e. The van der Waals surface area contributed by atoms with Gasteiger partial charge < -0.3 is 19.3 Å². The number of carbonyl (C=O) groups is 1. The summed E-state index contributed by atoms with van der Waals surface area (Å²) in [6.45, 7) is 8.77. The monoisotopic (exact) mass is 458 g/mol. The van der Waals surface area contributed by atoms with Gasteiger partial charge in [-0.15, -0.1) is 0 Å². The zero-order valence-corrected chi connectivity index (χ0v) is 20.8. The maximum atomic E-state index is 12.4. The van der Waals surface area contributed by atoms with E-state index in [9.17, 15) is 9.90 Å². The number of rotatable bonds is 4. The van der Waals surface area contributed by atoms with Gasteiger partial charge >= 0.3 is 5.97 Å². The fraction of sp³-hybridized carbons (Fsp3) is 0.821. The number of fused-ring (bicyclic) bond motifs is 5. The minimum atomic E-state index is -0.585. The van der Waals surface area contributed by atoms with Crippen LogP contribution in [-0.4, -0.2) is 35.7 Å². The van der Waals surface area contributed by atoms with Crippen molar-refractivity contribution < 1.29 is 24.1 Å². The predicted molar refractivity (Wildman–Crippen MR) is 126 cm³/mol. The number of hydrogen-bond donors (Lipinski definition) is 1. The summed E-state index contributed by atoms with van der Waals surface area (Å²) in [6.07, 6.45) is 15.7. The van der Waals surface area contributed by atoms with Gasteiger partial charge in [0.15, 0.2) is 6.29 Å². The molecule has 33 heavy (non-hydrogen) atoms. The zero-order chi connectivity index (χ0) is 23.4. The first-order valence-corrected chi connectivity index (χ1v) is 13.2. The molecule has 184 valence electrons. The first-order chi connectivity index (χ1) is 15.7. The second-order valence-corrected chi connectivity index (χ2v) is 12.0. The molecule has 4 saturated carbocycles. The van der Waals surface area contributed by atoms with Gasteiger partial charge in [-0.1, -0.05) is 19.9 Å². The van der Waals surface area contributed by atoms with E-state index < -0.39 is 11.9 Å². The fourth-order valence-electron chi connectivity index (χ4n) is 9.00. The second kappa shape index (κ2) is 8.41. The molecule has 0 aromatic carbocycles. The van der Waals surface area contributed by atoms with E-state index >= 15 is 0 Å². The van der Waals surface area contributed by atoms with Crippen LogP contribution in [0.5, 0.6) is 0 Å². The number of hydrogen-bond acceptors (Lipinski definition) is 5. The van der Waals surface area contributed by atoms with Gasteiger partial charge in [-0.3, -0.25) is 4.79 Å². The lowest BCUT2D eigenvalue weighted by molar-refractivity contribution is -0.221. The third-order valence-corrected chi connectivity index (χ3v) is 10.6. The Morgan fingerprint density at radius 2 is 1.94 bits per heavy atom. The Morgan fingerprint density at radius 3 is 2.67 bits per heavy atom. The quantitative estimate of drug-likeness (QED) is 0.444. The summed E-state index contributed by atoms with van der Waals surface area (Å²) >= 11 is 0. The first kappa shape index (κ1) is 23.4. The fourth-order valence-corrected chi connectivity index (χ4v) is 9.00. The van der Waals surface area contributed by atoms with Crippen molar-refractivity contribution in [2.24, 2.45) is 34.5 Å². The molecule has 5 rings (SSSR count). The van der Waals surface area contributed by atoms with E-state index in [-0.39, 0.29) is 22.9 Å². The average Bonchev–Trinajstić information content (AvgIpc) is 3.05. The lowest BCUT2D eigenvalue weighted by atomic mass is 9.43. The van der Waals surface area contributed by atoms with E-state index in [0.717, 1.165) is 51.4 Å². The molecule has 9 atom stereocenters. The largest absolute Gasteiger partial charge is 0.497 e. The van der Waals surface area contributed by atoms with E-state index in [0.29, 0.717) is 30.3 Å². The Morgan fingerprint density at radius 1 is 1.12 bits per heavy atom. The molecule has 5 nitrogen and oxygen atoms in total. The number of carbonyl (C=O) groups excluding carboxylic acids is 1. The number of aliphatic hydroxyl groups is 1. The standard InChI is InChI=1S/C28H42O5/c1-18(29)32-19(2)33-22-9-12-26(3)21(16-22)7-8-25-24(26)10-13-27(4)23(11-14-28(25,27)30)20-6-5-15-31-17-20/h5-6,17,19,21-25,30H,7-16H2,1-4H3. The van der Waals surface area contributed by atoms with E-state index in [4.69, 9.17) is 14.2 Å². The van der Waals surface area contributed by atoms with Gasteiger partial charge in [0.05, 0.1) is 18.0 Å². The number of ether oxygens (including phenoxy) is 3. The Hall–Kier alpha value is -1.33. The molecule has 9 unspecified atom stereocenters. The topological polar surface area (TPSA) is 65.0 Å². The van der Waals surface area contributed by atoms with Crippen LogP contribution in [0.3, 0.4) is 0 Å². The van der Waals surface area contributed by atoms with Crippen molar-refractivity contribution in [3.63, 3.8) is 0 Å². The van der Waals surface area contributed by atoms with Crippen LogP contribution in [-0.2, 0) is 19.0 Å². The summed E-state index contributed by atoms with van der Waals surface area (Å²) in [6, 6.07) is 0. The molecule has 0 saturated heterocycles. The zero-order valence-electron chi connectivity index (χ0n) is 20.8. The van der Waals surface area contributed by atoms with Crippen molar-refractivity contribution in [1.82, 2.24) is 0 Å².